The first-order chi connectivity index (χ1) is 31.7. The van der Waals surface area contributed by atoms with Crippen molar-refractivity contribution in [2.24, 2.45) is 0 Å². The summed E-state index contributed by atoms with van der Waals surface area (Å²) in [6.07, 6.45) is 5.67. The summed E-state index contributed by atoms with van der Waals surface area (Å²) >= 11 is 1.55. The van der Waals surface area contributed by atoms with E-state index in [1.165, 1.54) is 31.3 Å². The number of H-pyrrole nitrogens is 1. The third kappa shape index (κ3) is 8.34. The van der Waals surface area contributed by atoms with E-state index in [2.05, 4.69) is 27.0 Å². The zero-order valence-corrected chi connectivity index (χ0v) is 37.8. The van der Waals surface area contributed by atoms with Gasteiger partial charge in [-0.1, -0.05) is 12.1 Å². The molecule has 0 radical (unpaired) electrons. The van der Waals surface area contributed by atoms with Crippen LogP contribution in [0.1, 0.15) is 58.8 Å². The van der Waals surface area contributed by atoms with Gasteiger partial charge in [-0.3, -0.25) is 18.4 Å². The number of nitriles is 1. The maximum absolute atomic E-state index is 13.6. The summed E-state index contributed by atoms with van der Waals surface area (Å²) in [5, 5.41) is 20.2. The Hall–Kier alpha value is -7.83. The summed E-state index contributed by atoms with van der Waals surface area (Å²) in [6.45, 7) is 7.18. The number of rotatable bonds is 10. The fraction of sp³-hybridized carbons (Fsp3) is 0.176. The van der Waals surface area contributed by atoms with Crippen molar-refractivity contribution in [3.8, 4) is 45.6 Å². The Labute approximate surface area is 382 Å². The molecule has 0 aliphatic carbocycles. The van der Waals surface area contributed by atoms with Crippen LogP contribution in [0.15, 0.2) is 118 Å². The van der Waals surface area contributed by atoms with Crippen LogP contribution in [0.25, 0.3) is 77.5 Å². The molecule has 0 unspecified atom stereocenters. The standard InChI is InChI=1S/C29H23FN4O3.C22H21FN2O3S/c1-29(2,15-31)34-27(35)18-6-4-5-17(13-18)21-14-22-23(28(36)32-3)25(16-7-9-19(30)10-8-16)37-26(22)20-11-12-33-24(20)21;1-12(2)27-17-11-16-18(22(26)24-3)20(13-5-7-14(23)8-6-13)28-21(16)15-9-10-25(29-4)19(15)17/h4-14,33H,1-3H3,(H,32,36)(H,34,35);5-12H,1-4H3,(H,24,26). The molecule has 66 heavy (non-hydrogen) atoms. The Balaban J connectivity index is 0.000000185. The number of furan rings is 2. The number of hydrogen-bond acceptors (Lipinski definition) is 8. The number of ether oxygens (including phenoxy) is 1. The maximum atomic E-state index is 13.6. The van der Waals surface area contributed by atoms with Gasteiger partial charge in [-0.05, 0) is 130 Å². The number of aromatic amines is 1. The number of fused-ring (bicyclic) bond motifs is 6. The van der Waals surface area contributed by atoms with Crippen LogP contribution in [0.4, 0.5) is 8.78 Å². The highest BCUT2D eigenvalue weighted by atomic mass is 32.2. The third-order valence-corrected chi connectivity index (χ3v) is 11.6. The zero-order chi connectivity index (χ0) is 47.0. The predicted octanol–water partition coefficient (Wildman–Crippen LogP) is 11.2. The normalized spacial score (nSPS) is 11.5. The van der Waals surface area contributed by atoms with E-state index >= 15 is 0 Å². The minimum atomic E-state index is -1.02. The molecule has 0 spiro atoms. The highest BCUT2D eigenvalue weighted by molar-refractivity contribution is 7.97. The maximum Gasteiger partial charge on any atom is 0.255 e. The van der Waals surface area contributed by atoms with E-state index in [1.807, 2.05) is 60.6 Å². The van der Waals surface area contributed by atoms with Crippen LogP contribution in [-0.2, 0) is 0 Å². The highest BCUT2D eigenvalue weighted by Crippen LogP contribution is 2.44. The van der Waals surface area contributed by atoms with E-state index < -0.39 is 11.4 Å². The summed E-state index contributed by atoms with van der Waals surface area (Å²) in [6, 6.07) is 28.3. The van der Waals surface area contributed by atoms with E-state index in [1.54, 1.807) is 81.5 Å². The summed E-state index contributed by atoms with van der Waals surface area (Å²) < 4.78 is 47.6. The molecule has 9 rings (SSSR count). The molecule has 334 valence electrons. The minimum Gasteiger partial charge on any atom is -0.489 e. The molecule has 4 N–H and O–H groups in total. The van der Waals surface area contributed by atoms with Crippen molar-refractivity contribution in [2.45, 2.75) is 39.3 Å². The van der Waals surface area contributed by atoms with E-state index in [9.17, 15) is 28.4 Å². The van der Waals surface area contributed by atoms with Gasteiger partial charge in [0.15, 0.2) is 0 Å². The van der Waals surface area contributed by atoms with Crippen LogP contribution >= 0.6 is 11.9 Å². The second-order valence-corrected chi connectivity index (χ2v) is 16.9. The van der Waals surface area contributed by atoms with Crippen molar-refractivity contribution in [3.05, 3.63) is 138 Å². The summed E-state index contributed by atoms with van der Waals surface area (Å²) in [7, 11) is 3.11. The molecule has 0 bridgehead atoms. The number of benzene rings is 5. The van der Waals surface area contributed by atoms with Gasteiger partial charge >= 0.3 is 0 Å². The van der Waals surface area contributed by atoms with E-state index in [4.69, 9.17) is 13.6 Å². The van der Waals surface area contributed by atoms with Crippen LogP contribution in [0.5, 0.6) is 5.75 Å². The number of amides is 3. The van der Waals surface area contributed by atoms with Gasteiger partial charge < -0.3 is 34.5 Å². The fourth-order valence-electron chi connectivity index (χ4n) is 7.85. The second kappa shape index (κ2) is 18.0. The molecule has 4 aromatic heterocycles. The molecule has 5 aromatic carbocycles. The van der Waals surface area contributed by atoms with E-state index in [-0.39, 0.29) is 29.6 Å². The summed E-state index contributed by atoms with van der Waals surface area (Å²) in [5.41, 5.74) is 5.59. The SMILES string of the molecule is CNC(=O)c1c(-c2ccc(F)cc2)oc2c1cc(-c1cccc(C(=O)NC(C)(C)C#N)c1)c1[nH]ccc12.CNC(=O)c1c(-c2ccc(F)cc2)oc2c1cc(OC(C)C)c1c2ccn1SC. The van der Waals surface area contributed by atoms with Gasteiger partial charge in [0.25, 0.3) is 17.7 Å². The number of carbonyl (C=O) groups excluding carboxylic acids is 3. The van der Waals surface area contributed by atoms with Gasteiger partial charge in [0.2, 0.25) is 0 Å². The van der Waals surface area contributed by atoms with Crippen molar-refractivity contribution in [2.75, 3.05) is 20.4 Å². The Morgan fingerprint density at radius 1 is 0.758 bits per heavy atom. The first-order valence-electron chi connectivity index (χ1n) is 20.8. The molecule has 4 heterocycles. The third-order valence-electron chi connectivity index (χ3n) is 10.9. The van der Waals surface area contributed by atoms with Crippen molar-refractivity contribution in [3.63, 3.8) is 0 Å². The van der Waals surface area contributed by atoms with Crippen molar-refractivity contribution >= 4 is 73.4 Å². The number of hydrogen-bond donors (Lipinski definition) is 4. The Kier molecular flexibility index (Phi) is 12.2. The summed E-state index contributed by atoms with van der Waals surface area (Å²) in [4.78, 5) is 41.9. The number of halogens is 2. The zero-order valence-electron chi connectivity index (χ0n) is 37.0. The molecule has 0 fully saturated rings. The molecular weight excluding hydrogens is 863 g/mol. The lowest BCUT2D eigenvalue weighted by Crippen LogP contribution is -2.42. The Bertz CT molecular complexity index is 3380. The number of carbonyl (C=O) groups is 3. The monoisotopic (exact) mass is 906 g/mol. The summed E-state index contributed by atoms with van der Waals surface area (Å²) in [5.74, 6) is -0.311. The topological polar surface area (TPSA) is 167 Å². The molecule has 0 aliphatic rings. The average Bonchev–Trinajstić information content (AvgIpc) is 4.13. The Morgan fingerprint density at radius 2 is 1.33 bits per heavy atom. The van der Waals surface area contributed by atoms with Gasteiger partial charge in [-0.15, -0.1) is 0 Å². The van der Waals surface area contributed by atoms with Crippen molar-refractivity contribution in [1.82, 2.24) is 24.9 Å². The molecule has 0 atom stereocenters. The van der Waals surface area contributed by atoms with Crippen molar-refractivity contribution < 1.29 is 36.7 Å². The van der Waals surface area contributed by atoms with Crippen LogP contribution in [0.3, 0.4) is 0 Å². The highest BCUT2D eigenvalue weighted by Gasteiger charge is 2.28. The molecule has 0 saturated carbocycles. The number of aromatic nitrogens is 2. The lowest BCUT2D eigenvalue weighted by molar-refractivity contribution is 0.0926. The number of nitrogens with one attached hydrogen (secondary N) is 4. The largest absolute Gasteiger partial charge is 0.489 e. The van der Waals surface area contributed by atoms with E-state index in [0.29, 0.717) is 67.0 Å². The average molecular weight is 907 g/mol. The van der Waals surface area contributed by atoms with Gasteiger partial charge in [-0.2, -0.15) is 5.26 Å². The van der Waals surface area contributed by atoms with Gasteiger partial charge in [0.1, 0.15) is 51.1 Å². The van der Waals surface area contributed by atoms with Crippen molar-refractivity contribution in [1.29, 1.82) is 5.26 Å². The van der Waals surface area contributed by atoms with Crippen LogP contribution in [0.2, 0.25) is 0 Å². The quantitative estimate of drug-likeness (QED) is 0.105. The number of nitrogens with zero attached hydrogens (tertiary/aromatic N) is 2. The predicted molar refractivity (Wildman–Crippen MR) is 255 cm³/mol. The van der Waals surface area contributed by atoms with Gasteiger partial charge in [0.05, 0.1) is 28.8 Å². The lowest BCUT2D eigenvalue weighted by Gasteiger charge is -2.17. The second-order valence-electron chi connectivity index (χ2n) is 16.1. The van der Waals surface area contributed by atoms with Gasteiger partial charge in [-0.25, -0.2) is 8.78 Å². The Morgan fingerprint density at radius 3 is 1.88 bits per heavy atom. The molecule has 12 nitrogen and oxygen atoms in total. The molecule has 0 aliphatic heterocycles. The first-order valence-corrected chi connectivity index (χ1v) is 22.0. The smallest absolute Gasteiger partial charge is 0.255 e. The van der Waals surface area contributed by atoms with Crippen LogP contribution in [0, 0.1) is 23.0 Å². The molecule has 9 aromatic rings. The molecule has 0 saturated heterocycles. The van der Waals surface area contributed by atoms with Crippen LogP contribution < -0.4 is 20.7 Å². The molecule has 3 amide bonds. The van der Waals surface area contributed by atoms with E-state index in [0.717, 1.165) is 32.9 Å². The first kappa shape index (κ1) is 44.8. The minimum absolute atomic E-state index is 0.0345. The van der Waals surface area contributed by atoms with Crippen LogP contribution in [-0.4, -0.2) is 58.7 Å². The molecule has 15 heteroatoms. The molecular formula is C51H44F2N6O6S. The van der Waals surface area contributed by atoms with Gasteiger partial charge in [0, 0.05) is 76.5 Å². The lowest BCUT2D eigenvalue weighted by atomic mass is 9.96. The fourth-order valence-corrected chi connectivity index (χ4v) is 8.40.